The zero-order chi connectivity index (χ0) is 13.9. The van der Waals surface area contributed by atoms with Crippen molar-refractivity contribution in [1.29, 1.82) is 0 Å². The van der Waals surface area contributed by atoms with E-state index in [1.54, 1.807) is 12.1 Å². The number of hydrogen-bond acceptors (Lipinski definition) is 3. The number of hydrazone groups is 1. The Kier molecular flexibility index (Phi) is 3.13. The van der Waals surface area contributed by atoms with Crippen LogP contribution in [0.5, 0.6) is 0 Å². The van der Waals surface area contributed by atoms with Crippen LogP contribution in [0.3, 0.4) is 0 Å². The number of nitrogens with zero attached hydrogens (tertiary/aromatic N) is 2. The minimum Gasteiger partial charge on any atom is -0.302 e. The highest BCUT2D eigenvalue weighted by Crippen LogP contribution is 2.25. The quantitative estimate of drug-likeness (QED) is 0.630. The van der Waals surface area contributed by atoms with Crippen molar-refractivity contribution in [2.45, 2.75) is 0 Å². The van der Waals surface area contributed by atoms with E-state index in [4.69, 9.17) is 0 Å². The third-order valence-corrected chi connectivity index (χ3v) is 3.18. The number of aldehydes is 1. The van der Waals surface area contributed by atoms with Crippen LogP contribution in [0.1, 0.15) is 5.56 Å². The van der Waals surface area contributed by atoms with Gasteiger partial charge in [-0.2, -0.15) is 10.1 Å². The van der Waals surface area contributed by atoms with Gasteiger partial charge >= 0.3 is 0 Å². The summed E-state index contributed by atoms with van der Waals surface area (Å²) < 4.78 is 0. The molecule has 0 bridgehead atoms. The molecule has 2 aromatic carbocycles. The van der Waals surface area contributed by atoms with E-state index in [1.165, 1.54) is 5.01 Å². The monoisotopic (exact) mass is 264 g/mol. The van der Waals surface area contributed by atoms with Crippen LogP contribution < -0.4 is 5.01 Å². The molecule has 3 rings (SSSR count). The Morgan fingerprint density at radius 3 is 2.15 bits per heavy atom. The molecule has 1 unspecified atom stereocenters. The van der Waals surface area contributed by atoms with Crippen molar-refractivity contribution in [1.82, 2.24) is 0 Å². The maximum atomic E-state index is 12.3. The van der Waals surface area contributed by atoms with Crippen LogP contribution in [0.4, 0.5) is 5.69 Å². The number of para-hydroxylation sites is 1. The van der Waals surface area contributed by atoms with Gasteiger partial charge in [-0.1, -0.05) is 48.5 Å². The molecule has 0 fully saturated rings. The molecule has 0 spiro atoms. The first-order valence-electron chi connectivity index (χ1n) is 6.29. The molecule has 1 heterocycles. The van der Waals surface area contributed by atoms with Crippen molar-refractivity contribution in [3.63, 3.8) is 0 Å². The fourth-order valence-corrected chi connectivity index (χ4v) is 2.19. The summed E-state index contributed by atoms with van der Waals surface area (Å²) in [5, 5.41) is 5.62. The number of hydrogen-bond donors (Lipinski definition) is 0. The molecule has 0 radical (unpaired) electrons. The molecule has 1 aliphatic heterocycles. The number of benzene rings is 2. The summed E-state index contributed by atoms with van der Waals surface area (Å²) in [4.78, 5) is 23.6. The van der Waals surface area contributed by atoms with Gasteiger partial charge in [0.25, 0.3) is 5.91 Å². The van der Waals surface area contributed by atoms with E-state index in [1.807, 2.05) is 48.5 Å². The number of rotatable bonds is 3. The van der Waals surface area contributed by atoms with Gasteiger partial charge in [0, 0.05) is 0 Å². The van der Waals surface area contributed by atoms with Gasteiger partial charge in [-0.15, -0.1) is 0 Å². The standard InChI is InChI=1S/C16H12N2O2/c19-11-14-15(12-7-3-1-4-8-12)17-18(16(14)20)13-9-5-2-6-10-13/h1-11,14H. The second-order valence-corrected chi connectivity index (χ2v) is 4.45. The Morgan fingerprint density at radius 1 is 0.950 bits per heavy atom. The molecule has 4 heteroatoms. The van der Waals surface area contributed by atoms with Crippen LogP contribution in [0.15, 0.2) is 65.8 Å². The highest BCUT2D eigenvalue weighted by atomic mass is 16.2. The van der Waals surface area contributed by atoms with Crippen molar-refractivity contribution < 1.29 is 9.59 Å². The molecule has 1 aliphatic rings. The summed E-state index contributed by atoms with van der Waals surface area (Å²) in [6.07, 6.45) is 0.650. The van der Waals surface area contributed by atoms with Crippen LogP contribution in [-0.2, 0) is 9.59 Å². The number of carbonyl (C=O) groups is 2. The maximum absolute atomic E-state index is 12.3. The molecule has 20 heavy (non-hydrogen) atoms. The highest BCUT2D eigenvalue weighted by Gasteiger charge is 2.37. The van der Waals surface area contributed by atoms with Crippen LogP contribution >= 0.6 is 0 Å². The predicted octanol–water partition coefficient (Wildman–Crippen LogP) is 2.25. The molecule has 0 saturated carbocycles. The largest absolute Gasteiger partial charge is 0.302 e. The summed E-state index contributed by atoms with van der Waals surface area (Å²) in [6.45, 7) is 0. The molecular formula is C16H12N2O2. The second kappa shape index (κ2) is 5.09. The lowest BCUT2D eigenvalue weighted by atomic mass is 9.98. The average molecular weight is 264 g/mol. The first-order chi connectivity index (χ1) is 9.81. The fraction of sp³-hybridized carbons (Fsp3) is 0.0625. The second-order valence-electron chi connectivity index (χ2n) is 4.45. The Balaban J connectivity index is 2.05. The van der Waals surface area contributed by atoms with Gasteiger partial charge in [-0.3, -0.25) is 4.79 Å². The third-order valence-electron chi connectivity index (χ3n) is 3.18. The maximum Gasteiger partial charge on any atom is 0.263 e. The summed E-state index contributed by atoms with van der Waals surface area (Å²) >= 11 is 0. The van der Waals surface area contributed by atoms with Gasteiger partial charge in [0.1, 0.15) is 12.2 Å². The SMILES string of the molecule is O=CC1C(=O)N(c2ccccc2)N=C1c1ccccc1. The summed E-state index contributed by atoms with van der Waals surface area (Å²) in [5.41, 5.74) is 1.95. The smallest absolute Gasteiger partial charge is 0.263 e. The number of anilines is 1. The summed E-state index contributed by atoms with van der Waals surface area (Å²) in [6, 6.07) is 18.4. The lowest BCUT2D eigenvalue weighted by Crippen LogP contribution is -2.28. The first-order valence-corrected chi connectivity index (χ1v) is 6.29. The van der Waals surface area contributed by atoms with Crippen LogP contribution in [0.2, 0.25) is 0 Å². The predicted molar refractivity (Wildman–Crippen MR) is 76.5 cm³/mol. The van der Waals surface area contributed by atoms with E-state index >= 15 is 0 Å². The Labute approximate surface area is 116 Å². The topological polar surface area (TPSA) is 49.7 Å². The van der Waals surface area contributed by atoms with Crippen molar-refractivity contribution in [2.24, 2.45) is 11.0 Å². The summed E-state index contributed by atoms with van der Waals surface area (Å²) in [5.74, 6) is -1.15. The Morgan fingerprint density at radius 2 is 1.55 bits per heavy atom. The fourth-order valence-electron chi connectivity index (χ4n) is 2.19. The Bertz CT molecular complexity index is 665. The van der Waals surface area contributed by atoms with Gasteiger partial charge < -0.3 is 4.79 Å². The van der Waals surface area contributed by atoms with Gasteiger partial charge in [0.05, 0.1) is 11.4 Å². The van der Waals surface area contributed by atoms with E-state index in [-0.39, 0.29) is 5.91 Å². The average Bonchev–Trinajstić information content (AvgIpc) is 2.86. The van der Waals surface area contributed by atoms with Crippen molar-refractivity contribution in [3.05, 3.63) is 66.2 Å². The van der Waals surface area contributed by atoms with Crippen molar-refractivity contribution >= 4 is 23.6 Å². The van der Waals surface area contributed by atoms with E-state index in [2.05, 4.69) is 5.10 Å². The van der Waals surface area contributed by atoms with Crippen LogP contribution in [0.25, 0.3) is 0 Å². The Hall–Kier alpha value is -2.75. The lowest BCUT2D eigenvalue weighted by Gasteiger charge is -2.11. The number of carbonyl (C=O) groups excluding carboxylic acids is 2. The third kappa shape index (κ3) is 2.01. The molecule has 0 aromatic heterocycles. The molecular weight excluding hydrogens is 252 g/mol. The molecule has 1 atom stereocenters. The zero-order valence-corrected chi connectivity index (χ0v) is 10.6. The molecule has 2 aromatic rings. The summed E-state index contributed by atoms with van der Waals surface area (Å²) in [7, 11) is 0. The zero-order valence-electron chi connectivity index (χ0n) is 10.6. The molecule has 4 nitrogen and oxygen atoms in total. The molecule has 0 saturated heterocycles. The molecule has 0 aliphatic carbocycles. The minimum atomic E-state index is -0.836. The van der Waals surface area contributed by atoms with Crippen LogP contribution in [0, 0.1) is 5.92 Å². The molecule has 1 amide bonds. The number of amides is 1. The lowest BCUT2D eigenvalue weighted by molar-refractivity contribution is -0.123. The van der Waals surface area contributed by atoms with Gasteiger partial charge in [0.2, 0.25) is 0 Å². The first kappa shape index (κ1) is 12.3. The van der Waals surface area contributed by atoms with Crippen molar-refractivity contribution in [3.8, 4) is 0 Å². The molecule has 0 N–H and O–H groups in total. The van der Waals surface area contributed by atoms with Crippen LogP contribution in [-0.4, -0.2) is 17.9 Å². The van der Waals surface area contributed by atoms with E-state index in [0.717, 1.165) is 5.56 Å². The van der Waals surface area contributed by atoms with Crippen molar-refractivity contribution in [2.75, 3.05) is 5.01 Å². The van der Waals surface area contributed by atoms with Gasteiger partial charge in [0.15, 0.2) is 0 Å². The minimum absolute atomic E-state index is 0.315. The van der Waals surface area contributed by atoms with Gasteiger partial charge in [-0.05, 0) is 17.7 Å². The highest BCUT2D eigenvalue weighted by molar-refractivity contribution is 6.28. The normalized spacial score (nSPS) is 18.0. The van der Waals surface area contributed by atoms with Gasteiger partial charge in [-0.25, -0.2) is 0 Å². The van der Waals surface area contributed by atoms with E-state index < -0.39 is 5.92 Å². The van der Waals surface area contributed by atoms with E-state index in [0.29, 0.717) is 17.7 Å². The molecule has 98 valence electrons. The van der Waals surface area contributed by atoms with E-state index in [9.17, 15) is 9.59 Å².